The molecule has 0 bridgehead atoms. The average molecular weight is 831 g/mol. The second kappa shape index (κ2) is 20.9. The van der Waals surface area contributed by atoms with E-state index in [1.165, 1.54) is 11.1 Å². The summed E-state index contributed by atoms with van der Waals surface area (Å²) in [4.78, 5) is 17.9. The van der Waals surface area contributed by atoms with Gasteiger partial charge in [-0.1, -0.05) is 174 Å². The highest BCUT2D eigenvalue weighted by molar-refractivity contribution is 5.83. The molecule has 2 heterocycles. The predicted octanol–water partition coefficient (Wildman–Crippen LogP) is 13.5. The fraction of sp³-hybridized carbons (Fsp3) is 0.167. The lowest BCUT2D eigenvalue weighted by molar-refractivity contribution is 0.590. The van der Waals surface area contributed by atoms with Gasteiger partial charge in [0.05, 0.1) is 24.5 Å². The van der Waals surface area contributed by atoms with Crippen molar-refractivity contribution in [2.75, 3.05) is 0 Å². The van der Waals surface area contributed by atoms with Crippen molar-refractivity contribution in [1.29, 1.82) is 0 Å². The normalized spacial score (nSPS) is 11.8. The minimum atomic E-state index is 0.0648. The molecule has 0 aliphatic rings. The maximum Gasteiger partial charge on any atom is 0.0811 e. The molecule has 0 amide bonds. The molecule has 0 spiro atoms. The standard InChI is InChI=1S/C60H54N4/c1-59(2,3)55-33-25-47(26-34-55)23-31-53-39-52(30-22-46-15-19-50(20-16-46)42-62-44-58-12-8-10-38-64-58)54(32-24-48-27-35-56(36-28-48)60(4,5)6)40-51(53)29-21-45-13-17-49(18-14-45)41-61-43-57-11-7-9-37-63-57/h7-22,25-30,33-42H,43-44H2,1-6H3/b29-21+,30-22+,61-41?,62-42?. The van der Waals surface area contributed by atoms with Gasteiger partial charge in [-0.3, -0.25) is 20.0 Å². The van der Waals surface area contributed by atoms with Crippen LogP contribution in [0.2, 0.25) is 0 Å². The van der Waals surface area contributed by atoms with Gasteiger partial charge in [0.25, 0.3) is 0 Å². The first kappa shape index (κ1) is 44.4. The molecule has 0 saturated carbocycles. The van der Waals surface area contributed by atoms with Gasteiger partial charge < -0.3 is 0 Å². The lowest BCUT2D eigenvalue weighted by Gasteiger charge is -2.18. The molecule has 2 aromatic heterocycles. The first-order valence-electron chi connectivity index (χ1n) is 21.7. The van der Waals surface area contributed by atoms with Crippen LogP contribution in [0.5, 0.6) is 0 Å². The highest BCUT2D eigenvalue weighted by Crippen LogP contribution is 2.25. The van der Waals surface area contributed by atoms with Gasteiger partial charge in [-0.25, -0.2) is 0 Å². The Labute approximate surface area is 380 Å². The Balaban J connectivity index is 1.23. The van der Waals surface area contributed by atoms with Crippen LogP contribution in [0.3, 0.4) is 0 Å². The number of benzene rings is 5. The topological polar surface area (TPSA) is 50.5 Å². The van der Waals surface area contributed by atoms with Crippen molar-refractivity contribution in [1.82, 2.24) is 9.97 Å². The molecule has 4 nitrogen and oxygen atoms in total. The maximum atomic E-state index is 4.59. The number of hydrogen-bond acceptors (Lipinski definition) is 4. The summed E-state index contributed by atoms with van der Waals surface area (Å²) in [6.07, 6.45) is 15.9. The van der Waals surface area contributed by atoms with Gasteiger partial charge >= 0.3 is 0 Å². The zero-order valence-electron chi connectivity index (χ0n) is 37.7. The van der Waals surface area contributed by atoms with Gasteiger partial charge in [0.2, 0.25) is 0 Å². The largest absolute Gasteiger partial charge is 0.286 e. The Morgan fingerprint density at radius 3 is 1.14 bits per heavy atom. The van der Waals surface area contributed by atoms with Crippen LogP contribution in [0.15, 0.2) is 168 Å². The minimum absolute atomic E-state index is 0.0648. The molecule has 7 aromatic rings. The number of aromatic nitrogens is 2. The van der Waals surface area contributed by atoms with Crippen LogP contribution < -0.4 is 0 Å². The van der Waals surface area contributed by atoms with Crippen molar-refractivity contribution < 1.29 is 0 Å². The van der Waals surface area contributed by atoms with E-state index >= 15 is 0 Å². The van der Waals surface area contributed by atoms with E-state index in [2.05, 4.69) is 219 Å². The molecule has 0 atom stereocenters. The first-order valence-corrected chi connectivity index (χ1v) is 21.7. The number of nitrogens with zero attached hydrogens (tertiary/aromatic N) is 4. The van der Waals surface area contributed by atoms with Gasteiger partial charge in [-0.2, -0.15) is 0 Å². The van der Waals surface area contributed by atoms with Gasteiger partial charge in [0.1, 0.15) is 0 Å². The molecule has 0 N–H and O–H groups in total. The summed E-state index contributed by atoms with van der Waals surface area (Å²) in [5.41, 5.74) is 14.5. The van der Waals surface area contributed by atoms with E-state index < -0.39 is 0 Å². The number of pyridine rings is 2. The van der Waals surface area contributed by atoms with Crippen LogP contribution in [0, 0.1) is 23.7 Å². The summed E-state index contributed by atoms with van der Waals surface area (Å²) in [6, 6.07) is 50.0. The molecular weight excluding hydrogens is 777 g/mol. The summed E-state index contributed by atoms with van der Waals surface area (Å²) < 4.78 is 0. The van der Waals surface area contributed by atoms with Crippen molar-refractivity contribution in [2.45, 2.75) is 65.5 Å². The third kappa shape index (κ3) is 13.2. The van der Waals surface area contributed by atoms with E-state index in [1.54, 1.807) is 12.4 Å². The summed E-state index contributed by atoms with van der Waals surface area (Å²) in [5, 5.41) is 0. The predicted molar refractivity (Wildman–Crippen MR) is 270 cm³/mol. The lowest BCUT2D eigenvalue weighted by atomic mass is 9.87. The molecule has 0 fully saturated rings. The third-order valence-corrected chi connectivity index (χ3v) is 10.6. The van der Waals surface area contributed by atoms with Crippen LogP contribution >= 0.6 is 0 Å². The summed E-state index contributed by atoms with van der Waals surface area (Å²) in [6.45, 7) is 14.5. The van der Waals surface area contributed by atoms with E-state index in [1.807, 2.05) is 48.8 Å². The van der Waals surface area contributed by atoms with Crippen LogP contribution in [-0.4, -0.2) is 22.4 Å². The van der Waals surface area contributed by atoms with Crippen LogP contribution in [0.25, 0.3) is 24.3 Å². The summed E-state index contributed by atoms with van der Waals surface area (Å²) in [5.74, 6) is 14.0. The van der Waals surface area contributed by atoms with Crippen molar-refractivity contribution in [2.24, 2.45) is 9.98 Å². The highest BCUT2D eigenvalue weighted by Gasteiger charge is 2.14. The third-order valence-electron chi connectivity index (χ3n) is 10.6. The Morgan fingerprint density at radius 1 is 0.422 bits per heavy atom. The van der Waals surface area contributed by atoms with Gasteiger partial charge in [-0.05, 0) is 116 Å². The first-order chi connectivity index (χ1) is 30.9. The molecule has 4 heteroatoms. The summed E-state index contributed by atoms with van der Waals surface area (Å²) >= 11 is 0. The molecule has 0 aliphatic carbocycles. The Morgan fingerprint density at radius 2 is 0.797 bits per heavy atom. The molecule has 64 heavy (non-hydrogen) atoms. The van der Waals surface area contributed by atoms with Gasteiger partial charge in [0.15, 0.2) is 0 Å². The number of aliphatic imine (C=N–C) groups is 2. The molecule has 0 aliphatic heterocycles. The fourth-order valence-electron chi connectivity index (χ4n) is 6.74. The smallest absolute Gasteiger partial charge is 0.0811 e. The molecule has 0 saturated heterocycles. The fourth-order valence-corrected chi connectivity index (χ4v) is 6.74. The van der Waals surface area contributed by atoms with E-state index in [4.69, 9.17) is 0 Å². The molecular formula is C60H54N4. The zero-order chi connectivity index (χ0) is 44.8. The van der Waals surface area contributed by atoms with E-state index in [0.29, 0.717) is 13.1 Å². The minimum Gasteiger partial charge on any atom is -0.286 e. The van der Waals surface area contributed by atoms with Crippen LogP contribution in [-0.2, 0) is 23.9 Å². The quantitative estimate of drug-likeness (QED) is 0.0783. The number of hydrogen-bond donors (Lipinski definition) is 0. The van der Waals surface area contributed by atoms with Crippen LogP contribution in [0.1, 0.15) is 120 Å². The Bertz CT molecular complexity index is 2680. The molecule has 7 rings (SSSR count). The van der Waals surface area contributed by atoms with Gasteiger partial charge in [-0.15, -0.1) is 0 Å². The monoisotopic (exact) mass is 830 g/mol. The van der Waals surface area contributed by atoms with E-state index in [0.717, 1.165) is 67.0 Å². The molecule has 0 radical (unpaired) electrons. The number of rotatable bonds is 10. The summed E-state index contributed by atoms with van der Waals surface area (Å²) in [7, 11) is 0. The molecule has 0 unspecified atom stereocenters. The van der Waals surface area contributed by atoms with E-state index in [9.17, 15) is 0 Å². The molecule has 314 valence electrons. The van der Waals surface area contributed by atoms with Crippen molar-refractivity contribution in [3.05, 3.63) is 236 Å². The van der Waals surface area contributed by atoms with Crippen LogP contribution in [0.4, 0.5) is 0 Å². The van der Waals surface area contributed by atoms with Crippen molar-refractivity contribution >= 4 is 36.7 Å². The lowest BCUT2D eigenvalue weighted by Crippen LogP contribution is -2.10. The Kier molecular flexibility index (Phi) is 14.5. The second-order valence-corrected chi connectivity index (χ2v) is 17.8. The molecule has 5 aromatic carbocycles. The van der Waals surface area contributed by atoms with Crippen molar-refractivity contribution in [3.8, 4) is 23.7 Å². The highest BCUT2D eigenvalue weighted by atomic mass is 14.8. The maximum absolute atomic E-state index is 4.59. The SMILES string of the molecule is CC(C)(C)c1ccc(C#Cc2cc(/C=C/c3ccc(C=NCc4ccccn4)cc3)c(C#Cc3ccc(C(C)(C)C)cc3)cc2/C=C/c2ccc(C=NCc3ccccn3)cc2)cc1. The Hall–Kier alpha value is -7.66. The van der Waals surface area contributed by atoms with Gasteiger partial charge in [0, 0.05) is 47.1 Å². The zero-order valence-corrected chi connectivity index (χ0v) is 37.7. The second-order valence-electron chi connectivity index (χ2n) is 17.8. The van der Waals surface area contributed by atoms with E-state index in [-0.39, 0.29) is 10.8 Å². The average Bonchev–Trinajstić information content (AvgIpc) is 3.30. The van der Waals surface area contributed by atoms with Crippen molar-refractivity contribution in [3.63, 3.8) is 0 Å².